The number of aryl methyl sites for hydroxylation is 1. The number of primary amides is 1. The van der Waals surface area contributed by atoms with Crippen molar-refractivity contribution in [2.45, 2.75) is 6.92 Å². The van der Waals surface area contributed by atoms with E-state index in [4.69, 9.17) is 5.73 Å². The summed E-state index contributed by atoms with van der Waals surface area (Å²) in [6, 6.07) is 15.7. The number of phenolic OH excluding ortho intramolecular Hbond substituents is 1. The third kappa shape index (κ3) is 3.03. The number of benzene rings is 2. The molecule has 0 aliphatic rings. The van der Waals surface area contributed by atoms with E-state index in [0.29, 0.717) is 22.6 Å². The highest BCUT2D eigenvalue weighted by Crippen LogP contribution is 2.28. The average molecular weight is 305 g/mol. The predicted molar refractivity (Wildman–Crippen MR) is 87.8 cm³/mol. The third-order valence-corrected chi connectivity index (χ3v) is 3.46. The Hall–Kier alpha value is -3.21. The van der Waals surface area contributed by atoms with Crippen molar-refractivity contribution in [3.63, 3.8) is 0 Å². The van der Waals surface area contributed by atoms with E-state index < -0.39 is 5.91 Å². The minimum absolute atomic E-state index is 0.133. The van der Waals surface area contributed by atoms with Crippen LogP contribution < -0.4 is 5.73 Å². The Morgan fingerprint density at radius 1 is 1.04 bits per heavy atom. The summed E-state index contributed by atoms with van der Waals surface area (Å²) in [4.78, 5) is 20.1. The minimum Gasteiger partial charge on any atom is -0.507 e. The van der Waals surface area contributed by atoms with Crippen molar-refractivity contribution < 1.29 is 9.90 Å². The number of aromatic hydroxyl groups is 1. The fourth-order valence-corrected chi connectivity index (χ4v) is 2.30. The summed E-state index contributed by atoms with van der Waals surface area (Å²) >= 11 is 0. The third-order valence-electron chi connectivity index (χ3n) is 3.46. The standard InChI is InChI=1S/C18H15N3O2/c1-11-10-15(12-6-8-13(9-7-12)17(19)23)21-18(20-11)14-4-2-3-5-16(14)22/h2-10,22H,1H3,(H2,19,23). The molecule has 0 saturated carbocycles. The second kappa shape index (κ2) is 5.88. The molecule has 23 heavy (non-hydrogen) atoms. The van der Waals surface area contributed by atoms with Crippen LogP contribution in [0.1, 0.15) is 16.1 Å². The van der Waals surface area contributed by atoms with Crippen LogP contribution in [0.15, 0.2) is 54.6 Å². The number of carbonyl (C=O) groups is 1. The molecule has 1 heterocycles. The van der Waals surface area contributed by atoms with Crippen LogP contribution in [0.5, 0.6) is 5.75 Å². The Kier molecular flexibility index (Phi) is 3.76. The van der Waals surface area contributed by atoms with Gasteiger partial charge in [-0.25, -0.2) is 9.97 Å². The first-order valence-corrected chi connectivity index (χ1v) is 7.09. The van der Waals surface area contributed by atoms with Crippen LogP contribution in [0.2, 0.25) is 0 Å². The van der Waals surface area contributed by atoms with E-state index in [-0.39, 0.29) is 5.75 Å². The van der Waals surface area contributed by atoms with Gasteiger partial charge < -0.3 is 10.8 Å². The first kappa shape index (κ1) is 14.7. The number of aromatic nitrogens is 2. The smallest absolute Gasteiger partial charge is 0.248 e. The van der Waals surface area contributed by atoms with Gasteiger partial charge in [-0.1, -0.05) is 24.3 Å². The molecular formula is C18H15N3O2. The van der Waals surface area contributed by atoms with Crippen molar-refractivity contribution in [2.75, 3.05) is 0 Å². The molecule has 0 unspecified atom stereocenters. The molecular weight excluding hydrogens is 290 g/mol. The van der Waals surface area contributed by atoms with Crippen LogP contribution in [-0.4, -0.2) is 21.0 Å². The number of nitrogens with two attached hydrogens (primary N) is 1. The molecule has 0 aliphatic heterocycles. The van der Waals surface area contributed by atoms with Gasteiger partial charge in [0, 0.05) is 16.8 Å². The molecule has 5 nitrogen and oxygen atoms in total. The number of para-hydroxylation sites is 1. The van der Waals surface area contributed by atoms with Crippen LogP contribution in [-0.2, 0) is 0 Å². The Morgan fingerprint density at radius 2 is 1.74 bits per heavy atom. The quantitative estimate of drug-likeness (QED) is 0.778. The molecule has 0 atom stereocenters. The zero-order valence-electron chi connectivity index (χ0n) is 12.5. The second-order valence-corrected chi connectivity index (χ2v) is 5.18. The lowest BCUT2D eigenvalue weighted by Gasteiger charge is -2.08. The maximum atomic E-state index is 11.1. The molecule has 2 aromatic carbocycles. The zero-order valence-corrected chi connectivity index (χ0v) is 12.5. The van der Waals surface area contributed by atoms with E-state index in [1.54, 1.807) is 42.5 Å². The van der Waals surface area contributed by atoms with Gasteiger partial charge in [0.25, 0.3) is 0 Å². The molecule has 0 radical (unpaired) electrons. The van der Waals surface area contributed by atoms with Gasteiger partial charge in [-0.05, 0) is 37.3 Å². The number of phenols is 1. The SMILES string of the molecule is Cc1cc(-c2ccc(C(N)=O)cc2)nc(-c2ccccc2O)n1. The van der Waals surface area contributed by atoms with Crippen LogP contribution in [0.3, 0.4) is 0 Å². The Labute approximate surface area is 133 Å². The van der Waals surface area contributed by atoms with Gasteiger partial charge in [-0.15, -0.1) is 0 Å². The fraction of sp³-hybridized carbons (Fsp3) is 0.0556. The van der Waals surface area contributed by atoms with E-state index in [2.05, 4.69) is 9.97 Å². The number of carbonyl (C=O) groups excluding carboxylic acids is 1. The molecule has 3 aromatic rings. The minimum atomic E-state index is -0.467. The molecule has 3 rings (SSSR count). The average Bonchev–Trinajstić information content (AvgIpc) is 2.55. The van der Waals surface area contributed by atoms with Gasteiger partial charge >= 0.3 is 0 Å². The predicted octanol–water partition coefficient (Wildman–Crippen LogP) is 2.92. The molecule has 0 aliphatic carbocycles. The maximum Gasteiger partial charge on any atom is 0.248 e. The summed E-state index contributed by atoms with van der Waals surface area (Å²) in [5.74, 6) is 0.121. The van der Waals surface area contributed by atoms with Crippen molar-refractivity contribution in [1.82, 2.24) is 9.97 Å². The molecule has 0 spiro atoms. The van der Waals surface area contributed by atoms with Crippen molar-refractivity contribution in [1.29, 1.82) is 0 Å². The molecule has 0 bridgehead atoms. The van der Waals surface area contributed by atoms with Crippen molar-refractivity contribution in [3.8, 4) is 28.4 Å². The molecule has 1 aromatic heterocycles. The molecule has 0 fully saturated rings. The molecule has 3 N–H and O–H groups in total. The van der Waals surface area contributed by atoms with Crippen LogP contribution in [0.4, 0.5) is 0 Å². The summed E-state index contributed by atoms with van der Waals surface area (Å²) < 4.78 is 0. The first-order valence-electron chi connectivity index (χ1n) is 7.09. The van der Waals surface area contributed by atoms with Gasteiger partial charge in [-0.3, -0.25) is 4.79 Å². The molecule has 1 amide bonds. The molecule has 114 valence electrons. The Balaban J connectivity index is 2.07. The zero-order chi connectivity index (χ0) is 16.4. The van der Waals surface area contributed by atoms with E-state index in [0.717, 1.165) is 11.3 Å². The van der Waals surface area contributed by atoms with Gasteiger partial charge in [0.1, 0.15) is 5.75 Å². The Bertz CT molecular complexity index is 874. The van der Waals surface area contributed by atoms with E-state index in [1.807, 2.05) is 19.1 Å². The largest absolute Gasteiger partial charge is 0.507 e. The maximum absolute atomic E-state index is 11.1. The first-order chi connectivity index (χ1) is 11.0. The van der Waals surface area contributed by atoms with Gasteiger partial charge in [0.2, 0.25) is 5.91 Å². The second-order valence-electron chi connectivity index (χ2n) is 5.18. The lowest BCUT2D eigenvalue weighted by molar-refractivity contribution is 0.100. The fourth-order valence-electron chi connectivity index (χ4n) is 2.30. The van der Waals surface area contributed by atoms with Crippen LogP contribution >= 0.6 is 0 Å². The van der Waals surface area contributed by atoms with Crippen LogP contribution in [0.25, 0.3) is 22.6 Å². The van der Waals surface area contributed by atoms with Gasteiger partial charge in [-0.2, -0.15) is 0 Å². The summed E-state index contributed by atoms with van der Waals surface area (Å²) in [5.41, 5.74) is 8.61. The van der Waals surface area contributed by atoms with Crippen molar-refractivity contribution in [2.24, 2.45) is 5.73 Å². The molecule has 5 heteroatoms. The highest BCUT2D eigenvalue weighted by atomic mass is 16.3. The number of rotatable bonds is 3. The Morgan fingerprint density at radius 3 is 2.39 bits per heavy atom. The lowest BCUT2D eigenvalue weighted by atomic mass is 10.1. The summed E-state index contributed by atoms with van der Waals surface area (Å²) in [7, 11) is 0. The van der Waals surface area contributed by atoms with E-state index in [1.165, 1.54) is 0 Å². The van der Waals surface area contributed by atoms with E-state index in [9.17, 15) is 9.90 Å². The number of hydrogen-bond donors (Lipinski definition) is 2. The van der Waals surface area contributed by atoms with Gasteiger partial charge in [0.15, 0.2) is 5.82 Å². The van der Waals surface area contributed by atoms with Gasteiger partial charge in [0.05, 0.1) is 11.3 Å². The number of hydrogen-bond acceptors (Lipinski definition) is 4. The van der Waals surface area contributed by atoms with Crippen molar-refractivity contribution >= 4 is 5.91 Å². The molecule has 0 saturated heterocycles. The van der Waals surface area contributed by atoms with E-state index >= 15 is 0 Å². The summed E-state index contributed by atoms with van der Waals surface area (Å²) in [5, 5.41) is 9.98. The lowest BCUT2D eigenvalue weighted by Crippen LogP contribution is -2.10. The summed E-state index contributed by atoms with van der Waals surface area (Å²) in [6.45, 7) is 1.87. The number of nitrogens with zero attached hydrogens (tertiary/aromatic N) is 2. The topological polar surface area (TPSA) is 89.1 Å². The highest BCUT2D eigenvalue weighted by Gasteiger charge is 2.10. The van der Waals surface area contributed by atoms with Crippen LogP contribution in [0, 0.1) is 6.92 Å². The number of amides is 1. The highest BCUT2D eigenvalue weighted by molar-refractivity contribution is 5.93. The summed E-state index contributed by atoms with van der Waals surface area (Å²) in [6.07, 6.45) is 0. The normalized spacial score (nSPS) is 10.5. The monoisotopic (exact) mass is 305 g/mol. The van der Waals surface area contributed by atoms with Crippen molar-refractivity contribution in [3.05, 3.63) is 65.9 Å².